The van der Waals surface area contributed by atoms with E-state index in [0.29, 0.717) is 12.0 Å². The van der Waals surface area contributed by atoms with Gasteiger partial charge in [-0.05, 0) is 38.1 Å². The smallest absolute Gasteiger partial charge is 0.261 e. The Morgan fingerprint density at radius 3 is 2.45 bits per heavy atom. The van der Waals surface area contributed by atoms with Crippen molar-refractivity contribution in [1.29, 1.82) is 0 Å². The number of aldehydes is 1. The Morgan fingerprint density at radius 1 is 1.15 bits per heavy atom. The second-order valence-electron chi connectivity index (χ2n) is 4.76. The highest BCUT2D eigenvalue weighted by molar-refractivity contribution is 5.76. The van der Waals surface area contributed by atoms with Crippen LogP contribution in [0.15, 0.2) is 41.2 Å². The summed E-state index contributed by atoms with van der Waals surface area (Å²) in [5.74, 6) is 0.695. The number of ether oxygens (including phenoxy) is 1. The fraction of sp³-hybridized carbons (Fsp3) is 0.250. The van der Waals surface area contributed by atoms with Crippen molar-refractivity contribution in [3.63, 3.8) is 0 Å². The molecule has 4 heteroatoms. The van der Waals surface area contributed by atoms with E-state index in [4.69, 9.17) is 4.74 Å². The van der Waals surface area contributed by atoms with Gasteiger partial charge in [-0.25, -0.2) is 0 Å². The van der Waals surface area contributed by atoms with Gasteiger partial charge in [-0.2, -0.15) is 0 Å². The number of carbonyl (C=O) groups is 1. The zero-order valence-corrected chi connectivity index (χ0v) is 11.8. The number of hydrogen-bond acceptors (Lipinski definition) is 3. The van der Waals surface area contributed by atoms with Crippen LogP contribution in [0.25, 0.3) is 11.3 Å². The van der Waals surface area contributed by atoms with Crippen molar-refractivity contribution in [3.05, 3.63) is 52.3 Å². The van der Waals surface area contributed by atoms with E-state index in [1.165, 1.54) is 0 Å². The van der Waals surface area contributed by atoms with Crippen LogP contribution in [0.4, 0.5) is 0 Å². The number of benzene rings is 1. The maximum Gasteiger partial charge on any atom is 0.261 e. The lowest BCUT2D eigenvalue weighted by atomic mass is 10.1. The van der Waals surface area contributed by atoms with Crippen LogP contribution in [-0.4, -0.2) is 18.0 Å². The molecule has 0 fully saturated rings. The van der Waals surface area contributed by atoms with Crippen LogP contribution in [0.1, 0.15) is 30.2 Å². The Balaban J connectivity index is 2.78. The van der Waals surface area contributed by atoms with E-state index in [-0.39, 0.29) is 17.2 Å². The van der Waals surface area contributed by atoms with Gasteiger partial charge in [0, 0.05) is 11.6 Å². The Hall–Kier alpha value is -2.36. The first-order chi connectivity index (χ1) is 9.60. The molecule has 1 aromatic carbocycles. The molecule has 1 heterocycles. The maximum absolute atomic E-state index is 12.3. The Morgan fingerprint density at radius 2 is 1.85 bits per heavy atom. The summed E-state index contributed by atoms with van der Waals surface area (Å²) in [4.78, 5) is 23.3. The van der Waals surface area contributed by atoms with E-state index in [0.717, 1.165) is 11.3 Å². The topological polar surface area (TPSA) is 48.3 Å². The number of pyridine rings is 1. The van der Waals surface area contributed by atoms with Gasteiger partial charge in [0.25, 0.3) is 5.56 Å². The monoisotopic (exact) mass is 271 g/mol. The molecule has 2 rings (SSSR count). The quantitative estimate of drug-likeness (QED) is 0.803. The van der Waals surface area contributed by atoms with E-state index in [1.54, 1.807) is 23.8 Å². The highest BCUT2D eigenvalue weighted by Crippen LogP contribution is 2.30. The molecule has 104 valence electrons. The first-order valence-electron chi connectivity index (χ1n) is 6.44. The van der Waals surface area contributed by atoms with Gasteiger partial charge in [-0.3, -0.25) is 9.59 Å². The Kier molecular flexibility index (Phi) is 4.03. The van der Waals surface area contributed by atoms with Gasteiger partial charge < -0.3 is 9.30 Å². The normalized spacial score (nSPS) is 10.6. The van der Waals surface area contributed by atoms with E-state index in [9.17, 15) is 9.59 Å². The lowest BCUT2D eigenvalue weighted by Gasteiger charge is -2.18. The molecule has 0 radical (unpaired) electrons. The molecule has 20 heavy (non-hydrogen) atoms. The number of aromatic nitrogens is 1. The Bertz CT molecular complexity index is 686. The van der Waals surface area contributed by atoms with Gasteiger partial charge in [-0.15, -0.1) is 0 Å². The number of hydrogen-bond donors (Lipinski definition) is 0. The molecule has 0 saturated heterocycles. The second kappa shape index (κ2) is 5.74. The van der Waals surface area contributed by atoms with E-state index >= 15 is 0 Å². The van der Waals surface area contributed by atoms with Gasteiger partial charge in [0.1, 0.15) is 5.75 Å². The molecule has 0 unspecified atom stereocenters. The van der Waals surface area contributed by atoms with E-state index in [1.807, 2.05) is 38.1 Å². The summed E-state index contributed by atoms with van der Waals surface area (Å²) in [6, 6.07) is 10.8. The number of carbonyl (C=O) groups excluding carboxylic acids is 1. The summed E-state index contributed by atoms with van der Waals surface area (Å²) in [7, 11) is 1.59. The summed E-state index contributed by atoms with van der Waals surface area (Å²) in [6.45, 7) is 3.82. The summed E-state index contributed by atoms with van der Waals surface area (Å²) >= 11 is 0. The predicted molar refractivity (Wildman–Crippen MR) is 78.5 cm³/mol. The molecule has 0 aliphatic carbocycles. The van der Waals surface area contributed by atoms with Gasteiger partial charge in [0.15, 0.2) is 6.29 Å². The molecule has 2 aromatic rings. The lowest BCUT2D eigenvalue weighted by Crippen LogP contribution is -2.26. The molecule has 0 saturated carbocycles. The average Bonchev–Trinajstić information content (AvgIpc) is 2.46. The number of para-hydroxylation sites is 1. The summed E-state index contributed by atoms with van der Waals surface area (Å²) in [5.41, 5.74) is 1.46. The second-order valence-corrected chi connectivity index (χ2v) is 4.76. The van der Waals surface area contributed by atoms with Gasteiger partial charge in [-0.1, -0.05) is 12.1 Å². The molecule has 0 amide bonds. The number of rotatable bonds is 4. The zero-order chi connectivity index (χ0) is 14.7. The van der Waals surface area contributed by atoms with Crippen LogP contribution in [-0.2, 0) is 0 Å². The van der Waals surface area contributed by atoms with E-state index < -0.39 is 0 Å². The lowest BCUT2D eigenvalue weighted by molar-refractivity contribution is 0.112. The minimum atomic E-state index is -0.279. The van der Waals surface area contributed by atoms with Crippen LogP contribution in [0.2, 0.25) is 0 Å². The van der Waals surface area contributed by atoms with Gasteiger partial charge in [0.2, 0.25) is 0 Å². The third-order valence-electron chi connectivity index (χ3n) is 3.17. The molecular weight excluding hydrogens is 254 g/mol. The minimum absolute atomic E-state index is 0.0534. The SMILES string of the molecule is COc1ccccc1-c1ccc(C=O)c(=O)n1C(C)C. The number of methoxy groups -OCH3 is 1. The molecular formula is C16H17NO3. The molecule has 0 N–H and O–H groups in total. The standard InChI is InChI=1S/C16H17NO3/c1-11(2)17-14(9-8-12(10-18)16(17)19)13-6-4-5-7-15(13)20-3/h4-11H,1-3H3. The summed E-state index contributed by atoms with van der Waals surface area (Å²) in [6.07, 6.45) is 0.590. The molecule has 0 spiro atoms. The molecule has 4 nitrogen and oxygen atoms in total. The summed E-state index contributed by atoms with van der Waals surface area (Å²) < 4.78 is 6.96. The molecule has 0 bridgehead atoms. The first-order valence-corrected chi connectivity index (χ1v) is 6.44. The van der Waals surface area contributed by atoms with Crippen LogP contribution in [0.3, 0.4) is 0 Å². The van der Waals surface area contributed by atoms with Crippen molar-refractivity contribution >= 4 is 6.29 Å². The minimum Gasteiger partial charge on any atom is -0.496 e. The highest BCUT2D eigenvalue weighted by Gasteiger charge is 2.15. The first kappa shape index (κ1) is 14.1. The zero-order valence-electron chi connectivity index (χ0n) is 11.8. The number of nitrogens with zero attached hydrogens (tertiary/aromatic N) is 1. The van der Waals surface area contributed by atoms with Crippen molar-refractivity contribution < 1.29 is 9.53 Å². The fourth-order valence-corrected chi connectivity index (χ4v) is 2.25. The average molecular weight is 271 g/mol. The maximum atomic E-state index is 12.3. The van der Waals surface area contributed by atoms with Crippen LogP contribution in [0, 0.1) is 0 Å². The molecule has 0 atom stereocenters. The van der Waals surface area contributed by atoms with Gasteiger partial charge >= 0.3 is 0 Å². The van der Waals surface area contributed by atoms with Gasteiger partial charge in [0.05, 0.1) is 18.4 Å². The predicted octanol–water partition coefficient (Wildman–Crippen LogP) is 2.92. The highest BCUT2D eigenvalue weighted by atomic mass is 16.5. The third-order valence-corrected chi connectivity index (χ3v) is 3.17. The van der Waals surface area contributed by atoms with Crippen molar-refractivity contribution in [2.45, 2.75) is 19.9 Å². The molecule has 0 aliphatic rings. The largest absolute Gasteiger partial charge is 0.496 e. The van der Waals surface area contributed by atoms with Crippen LogP contribution >= 0.6 is 0 Å². The van der Waals surface area contributed by atoms with Crippen molar-refractivity contribution in [1.82, 2.24) is 4.57 Å². The molecule has 0 aliphatic heterocycles. The van der Waals surface area contributed by atoms with Crippen molar-refractivity contribution in [2.24, 2.45) is 0 Å². The molecule has 1 aromatic heterocycles. The van der Waals surface area contributed by atoms with Crippen molar-refractivity contribution in [2.75, 3.05) is 7.11 Å². The van der Waals surface area contributed by atoms with E-state index in [2.05, 4.69) is 0 Å². The Labute approximate surface area is 117 Å². The third kappa shape index (κ3) is 2.37. The van der Waals surface area contributed by atoms with Crippen LogP contribution < -0.4 is 10.3 Å². The van der Waals surface area contributed by atoms with Crippen LogP contribution in [0.5, 0.6) is 5.75 Å². The fourth-order valence-electron chi connectivity index (χ4n) is 2.25. The van der Waals surface area contributed by atoms with Crippen molar-refractivity contribution in [3.8, 4) is 17.0 Å². The summed E-state index contributed by atoms with van der Waals surface area (Å²) in [5, 5.41) is 0.